The first-order chi connectivity index (χ1) is 13.0. The van der Waals surface area contributed by atoms with E-state index in [2.05, 4.69) is 9.62 Å². The molecule has 1 atom stereocenters. The fraction of sp³-hybridized carbons (Fsp3) is 0.400. The molecule has 27 heavy (non-hydrogen) atoms. The van der Waals surface area contributed by atoms with Gasteiger partial charge in [0, 0.05) is 12.6 Å². The largest absolute Gasteiger partial charge is 0.497 e. The summed E-state index contributed by atoms with van der Waals surface area (Å²) in [7, 11) is -0.581. The summed E-state index contributed by atoms with van der Waals surface area (Å²) in [6.07, 6.45) is 2.25. The fourth-order valence-corrected chi connectivity index (χ4v) is 4.67. The zero-order valence-corrected chi connectivity index (χ0v) is 16.5. The molecule has 2 aromatic carbocycles. The lowest BCUT2D eigenvalue weighted by atomic mass is 10.1. The Labute approximate surface area is 161 Å². The van der Waals surface area contributed by atoms with Crippen LogP contribution in [0.1, 0.15) is 24.4 Å². The number of ether oxygens (including phenoxy) is 2. The zero-order chi connectivity index (χ0) is 19.3. The smallest absolute Gasteiger partial charge is 0.244 e. The van der Waals surface area contributed by atoms with Gasteiger partial charge in [-0.3, -0.25) is 4.90 Å². The highest BCUT2D eigenvalue weighted by Crippen LogP contribution is 2.28. The van der Waals surface area contributed by atoms with Crippen LogP contribution in [0.2, 0.25) is 0 Å². The number of para-hydroxylation sites is 1. The molecule has 1 saturated heterocycles. The average molecular weight is 391 g/mol. The molecule has 7 heteroatoms. The predicted molar refractivity (Wildman–Crippen MR) is 105 cm³/mol. The average Bonchev–Trinajstić information content (AvgIpc) is 3.22. The molecule has 0 amide bonds. The normalized spacial score (nSPS) is 16.2. The molecular weight excluding hydrogens is 364 g/mol. The maximum absolute atomic E-state index is 12.9. The maximum atomic E-state index is 12.9. The number of sulfonamides is 1. The summed E-state index contributed by atoms with van der Waals surface area (Å²) in [5.74, 6) is 1.10. The Hall–Kier alpha value is -2.09. The number of hydrogen-bond acceptors (Lipinski definition) is 5. The van der Waals surface area contributed by atoms with E-state index in [0.29, 0.717) is 5.75 Å². The number of likely N-dealkylation sites (tertiary alicyclic amines) is 1. The summed E-state index contributed by atoms with van der Waals surface area (Å²) >= 11 is 0. The van der Waals surface area contributed by atoms with Gasteiger partial charge in [0.05, 0.1) is 14.2 Å². The van der Waals surface area contributed by atoms with Gasteiger partial charge < -0.3 is 9.47 Å². The van der Waals surface area contributed by atoms with E-state index in [1.54, 1.807) is 31.4 Å². The zero-order valence-electron chi connectivity index (χ0n) is 15.7. The van der Waals surface area contributed by atoms with Gasteiger partial charge in [0.25, 0.3) is 0 Å². The van der Waals surface area contributed by atoms with Crippen LogP contribution in [-0.2, 0) is 10.0 Å². The molecule has 0 spiro atoms. The van der Waals surface area contributed by atoms with Crippen molar-refractivity contribution in [2.24, 2.45) is 0 Å². The highest BCUT2D eigenvalue weighted by Gasteiger charge is 2.27. The quantitative estimate of drug-likeness (QED) is 0.751. The van der Waals surface area contributed by atoms with Crippen LogP contribution in [0.3, 0.4) is 0 Å². The standard InChI is InChI=1S/C20H26N2O4S/c1-25-17-9-7-8-16(14-17)18(22-12-5-6-13-22)15-21-27(23,24)20-11-4-3-10-19(20)26-2/h3-4,7-11,14,18,21H,5-6,12-13,15H2,1-2H3. The molecular formula is C20H26N2O4S. The summed E-state index contributed by atoms with van der Waals surface area (Å²) in [4.78, 5) is 2.47. The van der Waals surface area contributed by atoms with Gasteiger partial charge in [0.15, 0.2) is 0 Å². The molecule has 6 nitrogen and oxygen atoms in total. The second-order valence-electron chi connectivity index (χ2n) is 6.54. The van der Waals surface area contributed by atoms with Crippen molar-refractivity contribution in [2.45, 2.75) is 23.8 Å². The molecule has 2 aromatic rings. The van der Waals surface area contributed by atoms with Gasteiger partial charge in [0.2, 0.25) is 10.0 Å². The van der Waals surface area contributed by atoms with Crippen LogP contribution in [-0.4, -0.2) is 47.2 Å². The SMILES string of the molecule is COc1cccc(C(CNS(=O)(=O)c2ccccc2OC)N2CCCC2)c1. The Morgan fingerprint density at radius 3 is 2.48 bits per heavy atom. The summed E-state index contributed by atoms with van der Waals surface area (Å²) in [5.41, 5.74) is 1.04. The van der Waals surface area contributed by atoms with E-state index < -0.39 is 10.0 Å². The van der Waals surface area contributed by atoms with E-state index in [-0.39, 0.29) is 17.5 Å². The molecule has 0 bridgehead atoms. The molecule has 1 unspecified atom stereocenters. The molecule has 146 valence electrons. The molecule has 1 heterocycles. The lowest BCUT2D eigenvalue weighted by Gasteiger charge is -2.28. The molecule has 1 aliphatic heterocycles. The van der Waals surface area contributed by atoms with E-state index in [4.69, 9.17) is 9.47 Å². The Morgan fingerprint density at radius 2 is 1.78 bits per heavy atom. The lowest BCUT2D eigenvalue weighted by Crippen LogP contribution is -2.36. The number of rotatable bonds is 8. The van der Waals surface area contributed by atoms with Crippen LogP contribution in [0, 0.1) is 0 Å². The van der Waals surface area contributed by atoms with Crippen LogP contribution in [0.15, 0.2) is 53.4 Å². The summed E-state index contributed by atoms with van der Waals surface area (Å²) in [6, 6.07) is 14.4. The molecule has 1 fully saturated rings. The topological polar surface area (TPSA) is 67.9 Å². The van der Waals surface area contributed by atoms with Gasteiger partial charge >= 0.3 is 0 Å². The highest BCUT2D eigenvalue weighted by atomic mass is 32.2. The van der Waals surface area contributed by atoms with Gasteiger partial charge in [-0.05, 0) is 55.8 Å². The van der Waals surface area contributed by atoms with Gasteiger partial charge in [-0.2, -0.15) is 0 Å². The first-order valence-corrected chi connectivity index (χ1v) is 10.5. The van der Waals surface area contributed by atoms with Crippen molar-refractivity contribution < 1.29 is 17.9 Å². The van der Waals surface area contributed by atoms with E-state index >= 15 is 0 Å². The monoisotopic (exact) mass is 390 g/mol. The van der Waals surface area contributed by atoms with Crippen molar-refractivity contribution in [2.75, 3.05) is 33.9 Å². The number of benzene rings is 2. The number of nitrogens with zero attached hydrogens (tertiary/aromatic N) is 1. The maximum Gasteiger partial charge on any atom is 0.244 e. The van der Waals surface area contributed by atoms with E-state index in [0.717, 1.165) is 37.2 Å². The second kappa shape index (κ2) is 8.73. The van der Waals surface area contributed by atoms with Crippen molar-refractivity contribution in [3.63, 3.8) is 0 Å². The van der Waals surface area contributed by atoms with Crippen molar-refractivity contribution in [1.29, 1.82) is 0 Å². The number of nitrogens with one attached hydrogen (secondary N) is 1. The van der Waals surface area contributed by atoms with Crippen molar-refractivity contribution in [3.8, 4) is 11.5 Å². The molecule has 0 aromatic heterocycles. The molecule has 1 aliphatic rings. The van der Waals surface area contributed by atoms with Crippen LogP contribution in [0.25, 0.3) is 0 Å². The Morgan fingerprint density at radius 1 is 1.04 bits per heavy atom. The minimum absolute atomic E-state index is 0.0490. The minimum Gasteiger partial charge on any atom is -0.497 e. The third-order valence-electron chi connectivity index (χ3n) is 4.89. The van der Waals surface area contributed by atoms with E-state index in [9.17, 15) is 8.42 Å². The van der Waals surface area contributed by atoms with E-state index in [1.165, 1.54) is 7.11 Å². The van der Waals surface area contributed by atoms with Crippen LogP contribution in [0.4, 0.5) is 0 Å². The number of hydrogen-bond donors (Lipinski definition) is 1. The van der Waals surface area contributed by atoms with Gasteiger partial charge in [-0.25, -0.2) is 13.1 Å². The van der Waals surface area contributed by atoms with Crippen molar-refractivity contribution >= 4 is 10.0 Å². The first kappa shape index (κ1) is 19.7. The molecule has 3 rings (SSSR count). The van der Waals surface area contributed by atoms with E-state index in [1.807, 2.05) is 24.3 Å². The van der Waals surface area contributed by atoms with Crippen LogP contribution in [0.5, 0.6) is 11.5 Å². The van der Waals surface area contributed by atoms with Crippen LogP contribution < -0.4 is 14.2 Å². The highest BCUT2D eigenvalue weighted by molar-refractivity contribution is 7.89. The third-order valence-corrected chi connectivity index (χ3v) is 6.35. The minimum atomic E-state index is -3.68. The summed E-state index contributed by atoms with van der Waals surface area (Å²) in [6.45, 7) is 2.20. The Bertz CT molecular complexity index is 864. The summed E-state index contributed by atoms with van der Waals surface area (Å²) < 4.78 is 39.0. The summed E-state index contributed by atoms with van der Waals surface area (Å²) in [5, 5.41) is 0. The first-order valence-electron chi connectivity index (χ1n) is 9.06. The Kier molecular flexibility index (Phi) is 6.36. The molecule has 0 saturated carbocycles. The van der Waals surface area contributed by atoms with Crippen LogP contribution >= 0.6 is 0 Å². The predicted octanol–water partition coefficient (Wildman–Crippen LogP) is 2.82. The van der Waals surface area contributed by atoms with Crippen molar-refractivity contribution in [1.82, 2.24) is 9.62 Å². The third kappa shape index (κ3) is 4.61. The number of methoxy groups -OCH3 is 2. The van der Waals surface area contributed by atoms with Gasteiger partial charge in [0.1, 0.15) is 16.4 Å². The fourth-order valence-electron chi connectivity index (χ4n) is 3.47. The molecule has 0 aliphatic carbocycles. The van der Waals surface area contributed by atoms with Gasteiger partial charge in [-0.15, -0.1) is 0 Å². The second-order valence-corrected chi connectivity index (χ2v) is 8.27. The van der Waals surface area contributed by atoms with Gasteiger partial charge in [-0.1, -0.05) is 24.3 Å². The lowest BCUT2D eigenvalue weighted by molar-refractivity contribution is 0.246. The molecule has 1 N–H and O–H groups in total. The molecule has 0 radical (unpaired) electrons. The Balaban J connectivity index is 1.84. The van der Waals surface area contributed by atoms with Crippen molar-refractivity contribution in [3.05, 3.63) is 54.1 Å².